The monoisotopic (exact) mass is 338 g/mol. The van der Waals surface area contributed by atoms with Crippen molar-refractivity contribution in [3.63, 3.8) is 0 Å². The van der Waals surface area contributed by atoms with Gasteiger partial charge in [0.2, 0.25) is 0 Å². The van der Waals surface area contributed by atoms with Crippen molar-refractivity contribution in [3.05, 3.63) is 54.6 Å². The molecule has 0 saturated carbocycles. The van der Waals surface area contributed by atoms with Gasteiger partial charge in [0.1, 0.15) is 18.5 Å². The molecule has 0 aliphatic rings. The molecule has 1 atom stereocenters. The molecule has 0 amide bonds. The van der Waals surface area contributed by atoms with Gasteiger partial charge in [-0.3, -0.25) is 0 Å². The van der Waals surface area contributed by atoms with Crippen LogP contribution >= 0.6 is 0 Å². The molecule has 0 aliphatic carbocycles. The van der Waals surface area contributed by atoms with Crippen LogP contribution in [0.15, 0.2) is 54.6 Å². The number of hydrogen-bond donors (Lipinski definition) is 1. The van der Waals surface area contributed by atoms with E-state index in [1.54, 1.807) is 0 Å². The lowest BCUT2D eigenvalue weighted by molar-refractivity contribution is 0.0116. The summed E-state index contributed by atoms with van der Waals surface area (Å²) in [5.74, 6) is 0.832. The highest BCUT2D eigenvalue weighted by molar-refractivity contribution is 6.05. The van der Waals surface area contributed by atoms with Gasteiger partial charge in [-0.25, -0.2) is 0 Å². The summed E-state index contributed by atoms with van der Waals surface area (Å²) in [6.07, 6.45) is 2.75. The lowest BCUT2D eigenvalue weighted by atomic mass is 10.0. The van der Waals surface area contributed by atoms with Crippen LogP contribution in [0.2, 0.25) is 0 Å². The van der Waals surface area contributed by atoms with Gasteiger partial charge < -0.3 is 14.6 Å². The summed E-state index contributed by atoms with van der Waals surface area (Å²) in [6, 6.07) is 18.5. The van der Waals surface area contributed by atoms with Crippen LogP contribution in [-0.4, -0.2) is 31.0 Å². The highest BCUT2D eigenvalue weighted by Gasteiger charge is 2.11. The maximum atomic E-state index is 10.2. The third-order valence-electron chi connectivity index (χ3n) is 4.34. The largest absolute Gasteiger partial charge is 0.489 e. The van der Waals surface area contributed by atoms with Crippen molar-refractivity contribution in [3.8, 4) is 5.75 Å². The number of rotatable bonds is 9. The van der Waals surface area contributed by atoms with Crippen LogP contribution in [-0.2, 0) is 4.74 Å². The topological polar surface area (TPSA) is 38.7 Å². The second-order valence-corrected chi connectivity index (χ2v) is 6.39. The molecule has 0 saturated heterocycles. The molecule has 3 aromatic rings. The minimum Gasteiger partial charge on any atom is -0.489 e. The van der Waals surface area contributed by atoms with Crippen molar-refractivity contribution >= 4 is 21.5 Å². The smallest absolute Gasteiger partial charge is 0.135 e. The fourth-order valence-electron chi connectivity index (χ4n) is 3.03. The third kappa shape index (κ3) is 4.50. The highest BCUT2D eigenvalue weighted by atomic mass is 16.5. The van der Waals surface area contributed by atoms with Crippen molar-refractivity contribution in [1.82, 2.24) is 0 Å². The standard InChI is InChI=1S/C22H26O3/c1-2-3-8-13-24-15-19(23)16-25-22-20-11-6-4-9-17(20)14-18-10-5-7-12-21(18)22/h4-7,9-12,14,19,23H,2-3,8,13,15-16H2,1H3. The van der Waals surface area contributed by atoms with Gasteiger partial charge in [0.25, 0.3) is 0 Å². The third-order valence-corrected chi connectivity index (χ3v) is 4.34. The first-order chi connectivity index (χ1) is 12.3. The van der Waals surface area contributed by atoms with Gasteiger partial charge in [-0.05, 0) is 23.3 Å². The first-order valence-electron chi connectivity index (χ1n) is 9.08. The van der Waals surface area contributed by atoms with Crippen molar-refractivity contribution in [2.24, 2.45) is 0 Å². The minimum atomic E-state index is -0.626. The van der Waals surface area contributed by atoms with E-state index < -0.39 is 6.10 Å². The molecular formula is C22H26O3. The molecule has 0 heterocycles. The molecule has 3 heteroatoms. The number of aliphatic hydroxyl groups is 1. The Labute approximate surface area is 149 Å². The minimum absolute atomic E-state index is 0.228. The highest BCUT2D eigenvalue weighted by Crippen LogP contribution is 2.34. The number of unbranched alkanes of at least 4 members (excludes halogenated alkanes) is 2. The molecule has 132 valence electrons. The lowest BCUT2D eigenvalue weighted by Gasteiger charge is -2.16. The summed E-state index contributed by atoms with van der Waals surface area (Å²) >= 11 is 0. The van der Waals surface area contributed by atoms with Crippen molar-refractivity contribution in [1.29, 1.82) is 0 Å². The van der Waals surface area contributed by atoms with E-state index in [0.717, 1.165) is 40.1 Å². The summed E-state index contributed by atoms with van der Waals surface area (Å²) < 4.78 is 11.6. The number of aliphatic hydroxyl groups excluding tert-OH is 1. The Morgan fingerprint density at radius 1 is 0.880 bits per heavy atom. The summed E-state index contributed by atoms with van der Waals surface area (Å²) in [5.41, 5.74) is 0. The SMILES string of the molecule is CCCCCOCC(O)COc1c2ccccc2cc2ccccc12. The average Bonchev–Trinajstić information content (AvgIpc) is 2.65. The summed E-state index contributed by atoms with van der Waals surface area (Å²) in [4.78, 5) is 0. The normalized spacial score (nSPS) is 12.6. The Balaban J connectivity index is 1.71. The van der Waals surface area contributed by atoms with E-state index in [2.05, 4.69) is 37.3 Å². The van der Waals surface area contributed by atoms with Gasteiger partial charge >= 0.3 is 0 Å². The van der Waals surface area contributed by atoms with Crippen molar-refractivity contribution < 1.29 is 14.6 Å². The number of benzene rings is 3. The zero-order chi connectivity index (χ0) is 17.5. The predicted octanol–water partition coefficient (Wildman–Crippen LogP) is 4.94. The second kappa shape index (κ2) is 8.84. The fourth-order valence-corrected chi connectivity index (χ4v) is 3.03. The van der Waals surface area contributed by atoms with E-state index in [-0.39, 0.29) is 6.61 Å². The van der Waals surface area contributed by atoms with Gasteiger partial charge in [0.15, 0.2) is 0 Å². The van der Waals surface area contributed by atoms with E-state index in [0.29, 0.717) is 13.2 Å². The van der Waals surface area contributed by atoms with Crippen LogP contribution in [0.4, 0.5) is 0 Å². The number of ether oxygens (including phenoxy) is 2. The number of fused-ring (bicyclic) bond motifs is 2. The Morgan fingerprint density at radius 3 is 2.16 bits per heavy atom. The summed E-state index contributed by atoms with van der Waals surface area (Å²) in [5, 5.41) is 14.6. The maximum Gasteiger partial charge on any atom is 0.135 e. The maximum absolute atomic E-state index is 10.2. The first kappa shape index (κ1) is 17.7. The fraction of sp³-hybridized carbons (Fsp3) is 0.364. The predicted molar refractivity (Wildman–Crippen MR) is 103 cm³/mol. The van der Waals surface area contributed by atoms with Crippen LogP contribution < -0.4 is 4.74 Å². The molecule has 3 nitrogen and oxygen atoms in total. The quantitative estimate of drug-likeness (QED) is 0.444. The Bertz CT molecular complexity index is 759. The molecule has 0 aliphatic heterocycles. The van der Waals surface area contributed by atoms with E-state index in [4.69, 9.17) is 9.47 Å². The average molecular weight is 338 g/mol. The molecule has 0 bridgehead atoms. The van der Waals surface area contributed by atoms with E-state index in [1.165, 1.54) is 6.42 Å². The molecule has 0 spiro atoms. The summed E-state index contributed by atoms with van der Waals surface area (Å²) in [7, 11) is 0. The molecule has 0 aromatic heterocycles. The van der Waals surface area contributed by atoms with Gasteiger partial charge in [-0.15, -0.1) is 0 Å². The molecule has 1 N–H and O–H groups in total. The van der Waals surface area contributed by atoms with E-state index >= 15 is 0 Å². The Hall–Kier alpha value is -2.10. The van der Waals surface area contributed by atoms with Crippen LogP contribution in [0, 0.1) is 0 Å². The second-order valence-electron chi connectivity index (χ2n) is 6.39. The van der Waals surface area contributed by atoms with Crippen LogP contribution in [0.5, 0.6) is 5.75 Å². The molecule has 0 fully saturated rings. The van der Waals surface area contributed by atoms with Gasteiger partial charge in [0.05, 0.1) is 6.61 Å². The Kier molecular flexibility index (Phi) is 6.26. The Morgan fingerprint density at radius 2 is 1.52 bits per heavy atom. The molecule has 3 aromatic carbocycles. The number of hydrogen-bond acceptors (Lipinski definition) is 3. The first-order valence-corrected chi connectivity index (χ1v) is 9.08. The van der Waals surface area contributed by atoms with Crippen LogP contribution in [0.1, 0.15) is 26.2 Å². The van der Waals surface area contributed by atoms with Crippen LogP contribution in [0.3, 0.4) is 0 Å². The van der Waals surface area contributed by atoms with Crippen molar-refractivity contribution in [2.75, 3.05) is 19.8 Å². The molecule has 0 radical (unpaired) electrons. The van der Waals surface area contributed by atoms with E-state index in [9.17, 15) is 5.11 Å². The zero-order valence-corrected chi connectivity index (χ0v) is 14.8. The zero-order valence-electron chi connectivity index (χ0n) is 14.8. The van der Waals surface area contributed by atoms with Gasteiger partial charge in [0, 0.05) is 17.4 Å². The molecule has 25 heavy (non-hydrogen) atoms. The molecule has 1 unspecified atom stereocenters. The molecular weight excluding hydrogens is 312 g/mol. The van der Waals surface area contributed by atoms with Gasteiger partial charge in [-0.2, -0.15) is 0 Å². The van der Waals surface area contributed by atoms with Crippen molar-refractivity contribution in [2.45, 2.75) is 32.3 Å². The molecule has 3 rings (SSSR count). The van der Waals surface area contributed by atoms with Gasteiger partial charge in [-0.1, -0.05) is 68.3 Å². The lowest BCUT2D eigenvalue weighted by Crippen LogP contribution is -2.23. The van der Waals surface area contributed by atoms with Crippen LogP contribution in [0.25, 0.3) is 21.5 Å². The summed E-state index contributed by atoms with van der Waals surface area (Å²) in [6.45, 7) is 3.40. The van der Waals surface area contributed by atoms with E-state index in [1.807, 2.05) is 24.3 Å².